The van der Waals surface area contributed by atoms with E-state index in [0.29, 0.717) is 19.6 Å². The highest BCUT2D eigenvalue weighted by molar-refractivity contribution is 5.73. The summed E-state index contributed by atoms with van der Waals surface area (Å²) in [6.07, 6.45) is 3.52. The van der Waals surface area contributed by atoms with Gasteiger partial charge in [-0.05, 0) is 30.0 Å². The Hall–Kier alpha value is -3.58. The van der Waals surface area contributed by atoms with Crippen LogP contribution in [0.15, 0.2) is 73.1 Å². The van der Waals surface area contributed by atoms with Crippen LogP contribution in [-0.4, -0.2) is 45.2 Å². The van der Waals surface area contributed by atoms with Crippen LogP contribution in [0.4, 0.5) is 5.69 Å². The maximum atomic E-state index is 12.5. The van der Waals surface area contributed by atoms with Gasteiger partial charge in [-0.15, -0.1) is 0 Å². The van der Waals surface area contributed by atoms with Crippen molar-refractivity contribution in [3.05, 3.63) is 105 Å². The third-order valence-corrected chi connectivity index (χ3v) is 6.60. The molecule has 2 aromatic carbocycles. The number of nitro benzene ring substituents is 1. The van der Waals surface area contributed by atoms with Crippen LogP contribution in [0.3, 0.4) is 0 Å². The van der Waals surface area contributed by atoms with E-state index in [2.05, 4.69) is 41.1 Å². The number of aromatic nitrogens is 1. The molecule has 0 radical (unpaired) electrons. The molecule has 0 bridgehead atoms. The van der Waals surface area contributed by atoms with Crippen LogP contribution < -0.4 is 0 Å². The van der Waals surface area contributed by atoms with Crippen molar-refractivity contribution in [1.29, 1.82) is 0 Å². The van der Waals surface area contributed by atoms with Gasteiger partial charge in [-0.2, -0.15) is 0 Å². The Kier molecular flexibility index (Phi) is 7.33. The van der Waals surface area contributed by atoms with E-state index in [0.717, 1.165) is 24.2 Å². The predicted octanol–water partition coefficient (Wildman–Crippen LogP) is 4.56. The number of para-hydroxylation sites is 1. The average Bonchev–Trinajstić information content (AvgIpc) is 3.22. The minimum absolute atomic E-state index is 0.0312. The second-order valence-electron chi connectivity index (χ2n) is 9.12. The largest absolute Gasteiger partial charge is 0.338 e. The molecule has 34 heavy (non-hydrogen) atoms. The van der Waals surface area contributed by atoms with Crippen molar-refractivity contribution >= 4 is 11.6 Å². The third kappa shape index (κ3) is 5.66. The topological polar surface area (TPSA) is 79.6 Å². The molecule has 0 unspecified atom stereocenters. The van der Waals surface area contributed by atoms with E-state index in [1.54, 1.807) is 31.5 Å². The van der Waals surface area contributed by atoms with Crippen molar-refractivity contribution in [2.75, 3.05) is 19.6 Å². The normalized spacial score (nSPS) is 18.1. The summed E-state index contributed by atoms with van der Waals surface area (Å²) < 4.78 is 0. The Morgan fingerprint density at radius 3 is 2.56 bits per heavy atom. The SMILES string of the molecule is CC(=O)N(Cc1cccnc1)C[C@@H]1CN(Cc2ccccc2[N+](=O)[O-])C[C@H]1c1ccc(C)cc1. The quantitative estimate of drug-likeness (QED) is 0.365. The molecule has 0 saturated carbocycles. The van der Waals surface area contributed by atoms with Crippen LogP contribution in [0, 0.1) is 23.0 Å². The molecular formula is C27H30N4O3. The fourth-order valence-corrected chi connectivity index (χ4v) is 4.83. The van der Waals surface area contributed by atoms with Crippen molar-refractivity contribution in [3.63, 3.8) is 0 Å². The zero-order valence-electron chi connectivity index (χ0n) is 19.6. The van der Waals surface area contributed by atoms with Gasteiger partial charge in [0.1, 0.15) is 0 Å². The molecular weight excluding hydrogens is 428 g/mol. The second kappa shape index (κ2) is 10.6. The molecule has 0 aliphatic carbocycles. The van der Waals surface area contributed by atoms with Crippen molar-refractivity contribution in [2.45, 2.75) is 32.9 Å². The van der Waals surface area contributed by atoms with E-state index in [1.165, 1.54) is 11.1 Å². The third-order valence-electron chi connectivity index (χ3n) is 6.60. The number of amides is 1. The lowest BCUT2D eigenvalue weighted by atomic mass is 9.88. The summed E-state index contributed by atoms with van der Waals surface area (Å²) in [6.45, 7) is 6.89. The Bertz CT molecular complexity index is 1130. The minimum atomic E-state index is -0.314. The summed E-state index contributed by atoms with van der Waals surface area (Å²) in [5.41, 5.74) is 4.32. The maximum Gasteiger partial charge on any atom is 0.273 e. The monoisotopic (exact) mass is 458 g/mol. The molecule has 7 nitrogen and oxygen atoms in total. The van der Waals surface area contributed by atoms with E-state index < -0.39 is 0 Å². The van der Waals surface area contributed by atoms with Gasteiger partial charge in [0.05, 0.1) is 4.92 Å². The summed E-state index contributed by atoms with van der Waals surface area (Å²) in [7, 11) is 0. The summed E-state index contributed by atoms with van der Waals surface area (Å²) in [5, 5.41) is 11.5. The van der Waals surface area contributed by atoms with Crippen molar-refractivity contribution < 1.29 is 9.72 Å². The van der Waals surface area contributed by atoms with Crippen LogP contribution in [0.2, 0.25) is 0 Å². The first-order valence-electron chi connectivity index (χ1n) is 11.6. The fraction of sp³-hybridized carbons (Fsp3) is 0.333. The van der Waals surface area contributed by atoms with Crippen molar-refractivity contribution in [1.82, 2.24) is 14.8 Å². The van der Waals surface area contributed by atoms with Crippen LogP contribution in [0.5, 0.6) is 0 Å². The van der Waals surface area contributed by atoms with Gasteiger partial charge >= 0.3 is 0 Å². The number of nitro groups is 1. The molecule has 2 heterocycles. The molecule has 2 atom stereocenters. The fourth-order valence-electron chi connectivity index (χ4n) is 4.83. The highest BCUT2D eigenvalue weighted by Gasteiger charge is 2.36. The Balaban J connectivity index is 1.57. The van der Waals surface area contributed by atoms with E-state index in [9.17, 15) is 14.9 Å². The number of pyridine rings is 1. The maximum absolute atomic E-state index is 12.5. The molecule has 0 N–H and O–H groups in total. The lowest BCUT2D eigenvalue weighted by Crippen LogP contribution is -2.35. The molecule has 7 heteroatoms. The number of nitrogens with zero attached hydrogens (tertiary/aromatic N) is 4. The molecule has 0 spiro atoms. The molecule has 4 rings (SSSR count). The molecule has 1 aliphatic heterocycles. The summed E-state index contributed by atoms with van der Waals surface area (Å²) in [6, 6.07) is 19.4. The lowest BCUT2D eigenvalue weighted by molar-refractivity contribution is -0.385. The van der Waals surface area contributed by atoms with Crippen LogP contribution in [-0.2, 0) is 17.9 Å². The Morgan fingerprint density at radius 2 is 1.88 bits per heavy atom. The summed E-state index contributed by atoms with van der Waals surface area (Å²) >= 11 is 0. The number of rotatable bonds is 8. The second-order valence-corrected chi connectivity index (χ2v) is 9.12. The van der Waals surface area contributed by atoms with Gasteiger partial charge in [-0.3, -0.25) is 24.8 Å². The number of likely N-dealkylation sites (tertiary alicyclic amines) is 1. The Morgan fingerprint density at radius 1 is 1.12 bits per heavy atom. The first kappa shape index (κ1) is 23.6. The average molecular weight is 459 g/mol. The van der Waals surface area contributed by atoms with E-state index >= 15 is 0 Å². The molecule has 1 fully saturated rings. The van der Waals surface area contributed by atoms with E-state index in [1.807, 2.05) is 29.2 Å². The molecule has 1 amide bonds. The highest BCUT2D eigenvalue weighted by Crippen LogP contribution is 2.35. The van der Waals surface area contributed by atoms with Gasteiger partial charge in [0.15, 0.2) is 0 Å². The standard InChI is InChI=1S/C27H30N4O3/c1-20-9-11-23(12-10-20)26-19-29(16-24-7-3-4-8-27(24)31(33)34)17-25(26)18-30(21(2)32)15-22-6-5-13-28-14-22/h3-14,25-26H,15-19H2,1-2H3/t25-,26-/m0/s1. The number of benzene rings is 2. The number of aryl methyl sites for hydroxylation is 1. The number of carbonyl (C=O) groups is 1. The predicted molar refractivity (Wildman–Crippen MR) is 131 cm³/mol. The summed E-state index contributed by atoms with van der Waals surface area (Å²) in [5.74, 6) is 0.480. The molecule has 1 aromatic heterocycles. The van der Waals surface area contributed by atoms with Gasteiger partial charge < -0.3 is 4.90 Å². The zero-order chi connectivity index (χ0) is 24.1. The van der Waals surface area contributed by atoms with Gasteiger partial charge in [-0.1, -0.05) is 54.1 Å². The number of hydrogen-bond acceptors (Lipinski definition) is 5. The Labute approximate surface area is 200 Å². The van der Waals surface area contributed by atoms with Crippen LogP contribution in [0.25, 0.3) is 0 Å². The lowest BCUT2D eigenvalue weighted by Gasteiger charge is -2.28. The molecule has 3 aromatic rings. The first-order chi connectivity index (χ1) is 16.4. The first-order valence-corrected chi connectivity index (χ1v) is 11.6. The van der Waals surface area contributed by atoms with Gasteiger partial charge in [0, 0.05) is 69.6 Å². The highest BCUT2D eigenvalue weighted by atomic mass is 16.6. The van der Waals surface area contributed by atoms with Crippen molar-refractivity contribution in [2.24, 2.45) is 5.92 Å². The molecule has 1 aliphatic rings. The van der Waals surface area contributed by atoms with Crippen LogP contribution in [0.1, 0.15) is 35.1 Å². The molecule has 176 valence electrons. The summed E-state index contributed by atoms with van der Waals surface area (Å²) in [4.78, 5) is 32.1. The van der Waals surface area contributed by atoms with E-state index in [-0.39, 0.29) is 28.4 Å². The van der Waals surface area contributed by atoms with Gasteiger partial charge in [0.2, 0.25) is 5.91 Å². The number of carbonyl (C=O) groups excluding carboxylic acids is 1. The smallest absolute Gasteiger partial charge is 0.273 e. The van der Waals surface area contributed by atoms with Gasteiger partial charge in [0.25, 0.3) is 5.69 Å². The minimum Gasteiger partial charge on any atom is -0.338 e. The van der Waals surface area contributed by atoms with E-state index in [4.69, 9.17) is 0 Å². The van der Waals surface area contributed by atoms with Gasteiger partial charge in [-0.25, -0.2) is 0 Å². The molecule has 1 saturated heterocycles. The van der Waals surface area contributed by atoms with Crippen molar-refractivity contribution in [3.8, 4) is 0 Å². The zero-order valence-corrected chi connectivity index (χ0v) is 19.6. The van der Waals surface area contributed by atoms with Crippen LogP contribution >= 0.6 is 0 Å². The number of hydrogen-bond donors (Lipinski definition) is 0.